The van der Waals surface area contributed by atoms with Gasteiger partial charge >= 0.3 is 0 Å². The molecule has 1 fully saturated rings. The Balaban J connectivity index is 1.66. The number of hydrogen-bond acceptors (Lipinski definition) is 5. The number of benzene rings is 1. The van der Waals surface area contributed by atoms with Crippen molar-refractivity contribution in [2.45, 2.75) is 18.9 Å². The number of carbonyl (C=O) groups excluding carboxylic acids is 1. The van der Waals surface area contributed by atoms with E-state index in [1.807, 2.05) is 36.5 Å². The first kappa shape index (κ1) is 17.1. The number of piperidine rings is 1. The van der Waals surface area contributed by atoms with Crippen LogP contribution in [0.3, 0.4) is 0 Å². The van der Waals surface area contributed by atoms with E-state index in [1.165, 1.54) is 0 Å². The average Bonchev–Trinajstić information content (AvgIpc) is 2.68. The summed E-state index contributed by atoms with van der Waals surface area (Å²) in [5.41, 5.74) is 1.48. The number of pyridine rings is 1. The zero-order valence-electron chi connectivity index (χ0n) is 14.7. The molecule has 6 nitrogen and oxygen atoms in total. The molecule has 0 aliphatic carbocycles. The number of methoxy groups -OCH3 is 1. The van der Waals surface area contributed by atoms with Gasteiger partial charge in [-0.3, -0.25) is 4.79 Å². The first-order chi connectivity index (χ1) is 12.2. The smallest absolute Gasteiger partial charge is 0.251 e. The van der Waals surface area contributed by atoms with Gasteiger partial charge in [-0.1, -0.05) is 6.07 Å². The van der Waals surface area contributed by atoms with Crippen molar-refractivity contribution in [3.8, 4) is 5.75 Å². The topological polar surface area (TPSA) is 66.5 Å². The molecule has 6 heteroatoms. The van der Waals surface area contributed by atoms with Gasteiger partial charge in [0.2, 0.25) is 0 Å². The molecule has 0 saturated carbocycles. The number of ether oxygens (including phenoxy) is 1. The Labute approximate surface area is 148 Å². The van der Waals surface area contributed by atoms with Crippen molar-refractivity contribution in [2.24, 2.45) is 0 Å². The maximum absolute atomic E-state index is 11.9. The molecule has 2 aromatic rings. The fourth-order valence-corrected chi connectivity index (χ4v) is 3.12. The van der Waals surface area contributed by atoms with Crippen LogP contribution in [0.4, 0.5) is 11.5 Å². The second-order valence-electron chi connectivity index (χ2n) is 6.09. The summed E-state index contributed by atoms with van der Waals surface area (Å²) >= 11 is 0. The molecule has 0 bridgehead atoms. The highest BCUT2D eigenvalue weighted by molar-refractivity contribution is 5.95. The quantitative estimate of drug-likeness (QED) is 0.875. The van der Waals surface area contributed by atoms with E-state index in [1.54, 1.807) is 20.2 Å². The van der Waals surface area contributed by atoms with Gasteiger partial charge in [-0.2, -0.15) is 0 Å². The van der Waals surface area contributed by atoms with Crippen molar-refractivity contribution in [2.75, 3.05) is 37.5 Å². The van der Waals surface area contributed by atoms with E-state index in [9.17, 15) is 4.79 Å². The number of carbonyl (C=O) groups is 1. The Bertz CT molecular complexity index is 713. The maximum Gasteiger partial charge on any atom is 0.251 e. The molecule has 1 aliphatic heterocycles. The van der Waals surface area contributed by atoms with Gasteiger partial charge in [-0.05, 0) is 43.2 Å². The van der Waals surface area contributed by atoms with Gasteiger partial charge in [-0.15, -0.1) is 0 Å². The van der Waals surface area contributed by atoms with Crippen LogP contribution in [0.15, 0.2) is 42.6 Å². The average molecular weight is 340 g/mol. The van der Waals surface area contributed by atoms with Gasteiger partial charge in [0.1, 0.15) is 11.6 Å². The Hall–Kier alpha value is -2.76. The Kier molecular flexibility index (Phi) is 5.38. The minimum atomic E-state index is -0.101. The summed E-state index contributed by atoms with van der Waals surface area (Å²) in [6.45, 7) is 1.90. The molecular formula is C19H24N4O2. The van der Waals surface area contributed by atoms with E-state index in [-0.39, 0.29) is 5.91 Å². The van der Waals surface area contributed by atoms with E-state index in [4.69, 9.17) is 4.74 Å². The minimum absolute atomic E-state index is 0.101. The van der Waals surface area contributed by atoms with Crippen LogP contribution in [0.2, 0.25) is 0 Å². The standard InChI is InChI=1S/C19H24N4O2/c1-20-19(24)14-6-7-17(25-2)16(13-14)22-15-8-11-23(12-9-15)18-5-3-4-10-21-18/h3-7,10,13,15,22H,8-9,11-12H2,1-2H3,(H,20,24). The summed E-state index contributed by atoms with van der Waals surface area (Å²) in [6, 6.07) is 11.8. The van der Waals surface area contributed by atoms with Crippen LogP contribution in [0.25, 0.3) is 0 Å². The first-order valence-electron chi connectivity index (χ1n) is 8.54. The molecule has 3 rings (SSSR count). The van der Waals surface area contributed by atoms with Crippen LogP contribution < -0.4 is 20.3 Å². The van der Waals surface area contributed by atoms with Crippen molar-refractivity contribution >= 4 is 17.4 Å². The molecule has 2 heterocycles. The van der Waals surface area contributed by atoms with Crippen molar-refractivity contribution in [1.29, 1.82) is 0 Å². The van der Waals surface area contributed by atoms with Crippen LogP contribution in [-0.4, -0.2) is 44.2 Å². The number of anilines is 2. The van der Waals surface area contributed by atoms with E-state index in [0.29, 0.717) is 11.6 Å². The van der Waals surface area contributed by atoms with Crippen LogP contribution in [0.5, 0.6) is 5.75 Å². The summed E-state index contributed by atoms with van der Waals surface area (Å²) < 4.78 is 5.43. The number of nitrogens with zero attached hydrogens (tertiary/aromatic N) is 2. The zero-order valence-corrected chi connectivity index (χ0v) is 14.7. The summed E-state index contributed by atoms with van der Waals surface area (Å²) in [6.07, 6.45) is 3.84. The van der Waals surface area contributed by atoms with Crippen molar-refractivity contribution in [3.63, 3.8) is 0 Å². The molecular weight excluding hydrogens is 316 g/mol. The number of aromatic nitrogens is 1. The molecule has 1 aromatic heterocycles. The van der Waals surface area contributed by atoms with E-state index >= 15 is 0 Å². The lowest BCUT2D eigenvalue weighted by atomic mass is 10.0. The highest BCUT2D eigenvalue weighted by Gasteiger charge is 2.21. The lowest BCUT2D eigenvalue weighted by molar-refractivity contribution is 0.0963. The predicted octanol–water partition coefficient (Wildman–Crippen LogP) is 2.53. The molecule has 0 atom stereocenters. The lowest BCUT2D eigenvalue weighted by Gasteiger charge is -2.33. The normalized spacial score (nSPS) is 14.9. The Morgan fingerprint density at radius 2 is 2.04 bits per heavy atom. The van der Waals surface area contributed by atoms with Gasteiger partial charge < -0.3 is 20.3 Å². The van der Waals surface area contributed by atoms with Crippen LogP contribution in [0, 0.1) is 0 Å². The monoisotopic (exact) mass is 340 g/mol. The van der Waals surface area contributed by atoms with E-state index in [0.717, 1.165) is 43.2 Å². The maximum atomic E-state index is 11.9. The molecule has 1 aromatic carbocycles. The minimum Gasteiger partial charge on any atom is -0.495 e. The number of amides is 1. The van der Waals surface area contributed by atoms with Gasteiger partial charge in [0.25, 0.3) is 5.91 Å². The largest absolute Gasteiger partial charge is 0.495 e. The first-order valence-corrected chi connectivity index (χ1v) is 8.54. The van der Waals surface area contributed by atoms with Crippen LogP contribution in [-0.2, 0) is 0 Å². The molecule has 132 valence electrons. The fraction of sp³-hybridized carbons (Fsp3) is 0.368. The third kappa shape index (κ3) is 4.02. The van der Waals surface area contributed by atoms with Gasteiger partial charge in [-0.25, -0.2) is 4.98 Å². The Morgan fingerprint density at radius 1 is 1.24 bits per heavy atom. The Morgan fingerprint density at radius 3 is 2.68 bits per heavy atom. The van der Waals surface area contributed by atoms with Gasteiger partial charge in [0.05, 0.1) is 12.8 Å². The molecule has 0 radical (unpaired) electrons. The van der Waals surface area contributed by atoms with Gasteiger partial charge in [0.15, 0.2) is 0 Å². The highest BCUT2D eigenvalue weighted by Crippen LogP contribution is 2.28. The van der Waals surface area contributed by atoms with Crippen LogP contribution >= 0.6 is 0 Å². The van der Waals surface area contributed by atoms with Gasteiger partial charge in [0, 0.05) is 37.9 Å². The fourth-order valence-electron chi connectivity index (χ4n) is 3.12. The summed E-state index contributed by atoms with van der Waals surface area (Å²) in [4.78, 5) is 18.6. The number of hydrogen-bond donors (Lipinski definition) is 2. The van der Waals surface area contributed by atoms with Crippen molar-refractivity contribution in [3.05, 3.63) is 48.2 Å². The highest BCUT2D eigenvalue weighted by atomic mass is 16.5. The molecule has 25 heavy (non-hydrogen) atoms. The van der Waals surface area contributed by atoms with E-state index < -0.39 is 0 Å². The molecule has 0 spiro atoms. The SMILES string of the molecule is CNC(=O)c1ccc(OC)c(NC2CCN(c3ccccn3)CC2)c1. The molecule has 0 unspecified atom stereocenters. The molecule has 1 saturated heterocycles. The summed E-state index contributed by atoms with van der Waals surface area (Å²) in [7, 11) is 3.27. The molecule has 1 aliphatic rings. The molecule has 1 amide bonds. The third-order valence-electron chi connectivity index (χ3n) is 4.52. The summed E-state index contributed by atoms with van der Waals surface area (Å²) in [5, 5.41) is 6.19. The third-order valence-corrected chi connectivity index (χ3v) is 4.52. The predicted molar refractivity (Wildman–Crippen MR) is 99.5 cm³/mol. The van der Waals surface area contributed by atoms with Crippen LogP contribution in [0.1, 0.15) is 23.2 Å². The summed E-state index contributed by atoms with van der Waals surface area (Å²) in [5.74, 6) is 1.68. The molecule has 2 N–H and O–H groups in total. The zero-order chi connectivity index (χ0) is 17.6. The van der Waals surface area contributed by atoms with Crippen molar-refractivity contribution in [1.82, 2.24) is 10.3 Å². The number of nitrogens with one attached hydrogen (secondary N) is 2. The van der Waals surface area contributed by atoms with E-state index in [2.05, 4.69) is 20.5 Å². The second-order valence-corrected chi connectivity index (χ2v) is 6.09. The van der Waals surface area contributed by atoms with Crippen molar-refractivity contribution < 1.29 is 9.53 Å². The number of rotatable bonds is 5. The second kappa shape index (κ2) is 7.88. The lowest BCUT2D eigenvalue weighted by Crippen LogP contribution is -2.39.